The third-order valence-corrected chi connectivity index (χ3v) is 6.75. The van der Waals surface area contributed by atoms with Crippen LogP contribution in [0, 0.1) is 6.92 Å². The molecule has 0 aliphatic heterocycles. The van der Waals surface area contributed by atoms with Crippen molar-refractivity contribution in [3.63, 3.8) is 0 Å². The molecule has 0 aromatic heterocycles. The van der Waals surface area contributed by atoms with Crippen LogP contribution in [0.4, 0.5) is 4.79 Å². The maximum atomic E-state index is 14.5. The number of rotatable bonds is 15. The van der Waals surface area contributed by atoms with Gasteiger partial charge in [0.1, 0.15) is 23.4 Å². The quantitative estimate of drug-likeness (QED) is 0.206. The molecule has 0 radical (unpaired) electrons. The Balaban J connectivity index is 2.52. The molecule has 2 aromatic rings. The van der Waals surface area contributed by atoms with Gasteiger partial charge in [0, 0.05) is 19.0 Å². The maximum Gasteiger partial charge on any atom is 0.408 e. The van der Waals surface area contributed by atoms with Crippen molar-refractivity contribution in [2.24, 2.45) is 0 Å². The zero-order chi connectivity index (χ0) is 31.3. The second-order valence-electron chi connectivity index (χ2n) is 12.3. The maximum absolute atomic E-state index is 14.5. The van der Waals surface area contributed by atoms with Gasteiger partial charge in [0.15, 0.2) is 0 Å². The van der Waals surface area contributed by atoms with Gasteiger partial charge in [-0.05, 0) is 71.2 Å². The molecule has 0 aliphatic carbocycles. The zero-order valence-electron chi connectivity index (χ0n) is 26.5. The summed E-state index contributed by atoms with van der Waals surface area (Å²) >= 11 is 0. The first kappa shape index (κ1) is 34.7. The van der Waals surface area contributed by atoms with Crippen LogP contribution in [-0.4, -0.2) is 52.1 Å². The molecule has 0 fully saturated rings. The van der Waals surface area contributed by atoms with Crippen molar-refractivity contribution in [3.8, 4) is 5.75 Å². The fraction of sp³-hybridized carbons (Fsp3) is 0.559. The Morgan fingerprint density at radius 3 is 2.17 bits per heavy atom. The van der Waals surface area contributed by atoms with E-state index in [-0.39, 0.29) is 30.0 Å². The molecule has 2 rings (SSSR count). The Labute approximate surface area is 252 Å². The number of aromatic hydroxyl groups is 1. The van der Waals surface area contributed by atoms with Crippen LogP contribution < -0.4 is 10.6 Å². The molecule has 2 aromatic carbocycles. The van der Waals surface area contributed by atoms with Crippen molar-refractivity contribution in [1.82, 2.24) is 15.5 Å². The van der Waals surface area contributed by atoms with Gasteiger partial charge in [-0.1, -0.05) is 81.0 Å². The van der Waals surface area contributed by atoms with Crippen LogP contribution in [0.5, 0.6) is 5.75 Å². The van der Waals surface area contributed by atoms with Gasteiger partial charge in [0.25, 0.3) is 0 Å². The highest BCUT2D eigenvalue weighted by Crippen LogP contribution is 2.26. The van der Waals surface area contributed by atoms with E-state index in [1.165, 1.54) is 6.42 Å². The van der Waals surface area contributed by atoms with E-state index in [1.807, 2.05) is 45.0 Å². The summed E-state index contributed by atoms with van der Waals surface area (Å²) in [5.41, 5.74) is 1.69. The lowest BCUT2D eigenvalue weighted by atomic mass is 9.98. The first-order chi connectivity index (χ1) is 19.8. The zero-order valence-corrected chi connectivity index (χ0v) is 26.5. The van der Waals surface area contributed by atoms with Gasteiger partial charge in [-0.3, -0.25) is 9.59 Å². The lowest BCUT2D eigenvalue weighted by Crippen LogP contribution is -2.54. The molecule has 0 bridgehead atoms. The number of alkyl carbamates (subject to hydrolysis) is 1. The molecule has 3 N–H and O–H groups in total. The largest absolute Gasteiger partial charge is 0.508 e. The molecule has 232 valence electrons. The first-order valence-corrected chi connectivity index (χ1v) is 15.3. The lowest BCUT2D eigenvalue weighted by Gasteiger charge is -2.35. The molecule has 0 aliphatic rings. The third-order valence-electron chi connectivity index (χ3n) is 6.75. The summed E-state index contributed by atoms with van der Waals surface area (Å²) < 4.78 is 5.51. The van der Waals surface area contributed by atoms with Gasteiger partial charge in [-0.2, -0.15) is 0 Å². The number of amides is 3. The Bertz CT molecular complexity index is 1140. The van der Waals surface area contributed by atoms with Crippen molar-refractivity contribution >= 4 is 17.9 Å². The second kappa shape index (κ2) is 16.8. The fourth-order valence-electron chi connectivity index (χ4n) is 4.82. The molecule has 2 unspecified atom stereocenters. The van der Waals surface area contributed by atoms with Crippen molar-refractivity contribution in [3.05, 3.63) is 65.2 Å². The number of hydrogen-bond acceptors (Lipinski definition) is 5. The Hall–Kier alpha value is -3.55. The summed E-state index contributed by atoms with van der Waals surface area (Å²) in [5.74, 6) is -0.528. The fourth-order valence-corrected chi connectivity index (χ4v) is 4.82. The van der Waals surface area contributed by atoms with E-state index < -0.39 is 23.8 Å². The Morgan fingerprint density at radius 2 is 1.57 bits per heavy atom. The van der Waals surface area contributed by atoms with Crippen molar-refractivity contribution in [2.75, 3.05) is 6.54 Å². The van der Waals surface area contributed by atoms with E-state index in [4.69, 9.17) is 4.74 Å². The van der Waals surface area contributed by atoms with E-state index in [0.29, 0.717) is 12.1 Å². The van der Waals surface area contributed by atoms with Gasteiger partial charge >= 0.3 is 6.09 Å². The van der Waals surface area contributed by atoms with Gasteiger partial charge in [-0.15, -0.1) is 0 Å². The summed E-state index contributed by atoms with van der Waals surface area (Å²) in [6.07, 6.45) is 5.60. The van der Waals surface area contributed by atoms with Gasteiger partial charge in [-0.25, -0.2) is 4.79 Å². The number of nitrogens with zero attached hydrogens (tertiary/aromatic N) is 1. The lowest BCUT2D eigenvalue weighted by molar-refractivity contribution is -0.142. The smallest absolute Gasteiger partial charge is 0.408 e. The van der Waals surface area contributed by atoms with Gasteiger partial charge in [0.05, 0.1) is 0 Å². The first-order valence-electron chi connectivity index (χ1n) is 15.3. The number of ether oxygens (including phenoxy) is 1. The van der Waals surface area contributed by atoms with E-state index in [2.05, 4.69) is 17.6 Å². The van der Waals surface area contributed by atoms with E-state index in [9.17, 15) is 19.5 Å². The van der Waals surface area contributed by atoms with Crippen molar-refractivity contribution < 1.29 is 24.2 Å². The van der Waals surface area contributed by atoms with Crippen LogP contribution in [-0.2, 0) is 20.7 Å². The van der Waals surface area contributed by atoms with Crippen molar-refractivity contribution in [2.45, 2.75) is 117 Å². The molecular formula is C34H51N3O5. The number of phenols is 1. The van der Waals surface area contributed by atoms with Gasteiger partial charge in [0.2, 0.25) is 11.8 Å². The van der Waals surface area contributed by atoms with Crippen LogP contribution in [0.25, 0.3) is 0 Å². The number of nitrogens with one attached hydrogen (secondary N) is 2. The molecule has 8 heteroatoms. The molecule has 0 saturated heterocycles. The van der Waals surface area contributed by atoms with E-state index in [0.717, 1.165) is 43.2 Å². The molecular weight excluding hydrogens is 530 g/mol. The second-order valence-corrected chi connectivity index (χ2v) is 12.3. The highest BCUT2D eigenvalue weighted by atomic mass is 16.6. The van der Waals surface area contributed by atoms with Gasteiger partial charge < -0.3 is 25.4 Å². The average Bonchev–Trinajstić information content (AvgIpc) is 2.89. The Morgan fingerprint density at radius 1 is 0.929 bits per heavy atom. The van der Waals surface area contributed by atoms with Crippen molar-refractivity contribution in [1.29, 1.82) is 0 Å². The number of phenolic OH excluding ortho intramolecular Hbond substituents is 1. The molecule has 42 heavy (non-hydrogen) atoms. The normalized spacial score (nSPS) is 12.9. The molecule has 8 nitrogen and oxygen atoms in total. The summed E-state index contributed by atoms with van der Waals surface area (Å²) in [4.78, 5) is 42.8. The molecule has 2 atom stereocenters. The van der Waals surface area contributed by atoms with Crippen LogP contribution in [0.1, 0.15) is 103 Å². The standard InChI is InChI=1S/C34H51N3O5/c1-8-9-10-11-12-13-21-37(30(31(39)35-24(2)3)27-16-14-15-25(4)22-27)32(40)29(36-33(41)42-34(5,6)7)23-26-17-19-28(38)20-18-26/h14-20,22,24,29-30,38H,8-13,21,23H2,1-7H3,(H,35,39)(H,36,41). The minimum absolute atomic E-state index is 0.108. The predicted octanol–water partition coefficient (Wildman–Crippen LogP) is 6.59. The SMILES string of the molecule is CCCCCCCCN(C(=O)C(Cc1ccc(O)cc1)NC(=O)OC(C)(C)C)C(C(=O)NC(C)C)c1cccc(C)c1. The molecule has 3 amide bonds. The molecule has 0 heterocycles. The number of unbranched alkanes of at least 4 members (excludes halogenated alkanes) is 5. The predicted molar refractivity (Wildman–Crippen MR) is 167 cm³/mol. The van der Waals surface area contributed by atoms with E-state index >= 15 is 0 Å². The highest BCUT2D eigenvalue weighted by molar-refractivity contribution is 5.92. The summed E-state index contributed by atoms with van der Waals surface area (Å²) in [5, 5.41) is 15.6. The molecule has 0 saturated carbocycles. The molecule has 0 spiro atoms. The summed E-state index contributed by atoms with van der Waals surface area (Å²) in [6.45, 7) is 13.6. The number of hydrogen-bond donors (Lipinski definition) is 3. The topological polar surface area (TPSA) is 108 Å². The van der Waals surface area contributed by atoms with Crippen LogP contribution >= 0.6 is 0 Å². The van der Waals surface area contributed by atoms with E-state index in [1.54, 1.807) is 49.9 Å². The highest BCUT2D eigenvalue weighted by Gasteiger charge is 2.36. The van der Waals surface area contributed by atoms with Crippen LogP contribution in [0.2, 0.25) is 0 Å². The summed E-state index contributed by atoms with van der Waals surface area (Å²) in [7, 11) is 0. The monoisotopic (exact) mass is 581 g/mol. The number of carbonyl (C=O) groups excluding carboxylic acids is 3. The third kappa shape index (κ3) is 12.1. The summed E-state index contributed by atoms with van der Waals surface area (Å²) in [6, 6.07) is 12.2. The number of aryl methyl sites for hydroxylation is 1. The van der Waals surface area contributed by atoms with Crippen LogP contribution in [0.15, 0.2) is 48.5 Å². The van der Waals surface area contributed by atoms with Crippen LogP contribution in [0.3, 0.4) is 0 Å². The Kier molecular flexibility index (Phi) is 13.8. The minimum Gasteiger partial charge on any atom is -0.508 e. The average molecular weight is 582 g/mol. The number of benzene rings is 2. The number of carbonyl (C=O) groups is 3. The minimum atomic E-state index is -0.997.